The van der Waals surface area contributed by atoms with E-state index in [4.69, 9.17) is 17.3 Å². The largest absolute Gasteiger partial charge is 0.393 e. The fraction of sp³-hybridized carbons (Fsp3) is 0. The van der Waals surface area contributed by atoms with Crippen molar-refractivity contribution >= 4 is 29.1 Å². The van der Waals surface area contributed by atoms with Crippen LogP contribution in [0.1, 0.15) is 10.4 Å². The summed E-state index contributed by atoms with van der Waals surface area (Å²) in [5.74, 6) is -2.27. The quantitative estimate of drug-likeness (QED) is 0.515. The first kappa shape index (κ1) is 15.5. The number of rotatable bonds is 4. The Morgan fingerprint density at radius 3 is 2.43 bits per heavy atom. The minimum absolute atomic E-state index is 0.200. The van der Waals surface area contributed by atoms with Crippen LogP contribution >= 0.6 is 23.4 Å². The van der Waals surface area contributed by atoms with Crippen molar-refractivity contribution in [1.29, 1.82) is 0 Å². The van der Waals surface area contributed by atoms with Crippen LogP contribution in [-0.2, 0) is 0 Å². The van der Waals surface area contributed by atoms with Gasteiger partial charge in [0.1, 0.15) is 11.6 Å². The maximum atomic E-state index is 13.5. The van der Waals surface area contributed by atoms with E-state index >= 15 is 0 Å². The molecule has 0 heterocycles. The standard InChI is InChI=1S/C15H10ClF2NOS/c16-9-1-4-11(5-2-9)21-15(19)8-14(20)12-6-3-10(17)7-13(12)18/h1-8H,19H2/b15-8+. The number of thioether (sulfide) groups is 1. The molecule has 21 heavy (non-hydrogen) atoms. The van der Waals surface area contributed by atoms with Gasteiger partial charge in [-0.05, 0) is 36.4 Å². The first-order valence-electron chi connectivity index (χ1n) is 5.85. The molecule has 0 aromatic heterocycles. The molecule has 0 saturated heterocycles. The van der Waals surface area contributed by atoms with Gasteiger partial charge in [-0.15, -0.1) is 0 Å². The molecule has 2 rings (SSSR count). The smallest absolute Gasteiger partial charge is 0.191 e. The summed E-state index contributed by atoms with van der Waals surface area (Å²) in [5.41, 5.74) is 5.51. The Bertz CT molecular complexity index is 701. The highest BCUT2D eigenvalue weighted by Gasteiger charge is 2.11. The maximum absolute atomic E-state index is 13.5. The molecule has 2 nitrogen and oxygen atoms in total. The zero-order chi connectivity index (χ0) is 15.4. The monoisotopic (exact) mass is 325 g/mol. The van der Waals surface area contributed by atoms with E-state index < -0.39 is 17.4 Å². The van der Waals surface area contributed by atoms with Crippen molar-refractivity contribution in [2.75, 3.05) is 0 Å². The Morgan fingerprint density at radius 2 is 1.81 bits per heavy atom. The number of halogens is 3. The van der Waals surface area contributed by atoms with E-state index in [1.54, 1.807) is 24.3 Å². The molecule has 0 bridgehead atoms. The van der Waals surface area contributed by atoms with Gasteiger partial charge in [-0.2, -0.15) is 0 Å². The highest BCUT2D eigenvalue weighted by molar-refractivity contribution is 8.03. The summed E-state index contributed by atoms with van der Waals surface area (Å²) in [6.07, 6.45) is 1.11. The average Bonchev–Trinajstić information content (AvgIpc) is 2.41. The van der Waals surface area contributed by atoms with Gasteiger partial charge in [-0.3, -0.25) is 4.79 Å². The van der Waals surface area contributed by atoms with Gasteiger partial charge in [-0.25, -0.2) is 8.78 Å². The minimum atomic E-state index is -0.916. The Balaban J connectivity index is 2.14. The molecule has 2 aromatic carbocycles. The second kappa shape index (κ2) is 6.74. The SMILES string of the molecule is N/C(=C\C(=O)c1ccc(F)cc1F)Sc1ccc(Cl)cc1. The minimum Gasteiger partial charge on any atom is -0.393 e. The Hall–Kier alpha value is -1.85. The van der Waals surface area contributed by atoms with Gasteiger partial charge in [0, 0.05) is 22.1 Å². The van der Waals surface area contributed by atoms with E-state index in [2.05, 4.69) is 0 Å². The number of benzene rings is 2. The normalized spacial score (nSPS) is 11.5. The number of nitrogens with two attached hydrogens (primary N) is 1. The third-order valence-corrected chi connectivity index (χ3v) is 3.63. The van der Waals surface area contributed by atoms with Gasteiger partial charge in [0.25, 0.3) is 0 Å². The van der Waals surface area contributed by atoms with Crippen molar-refractivity contribution in [2.24, 2.45) is 5.73 Å². The van der Waals surface area contributed by atoms with Gasteiger partial charge in [0.05, 0.1) is 10.6 Å². The van der Waals surface area contributed by atoms with Crippen molar-refractivity contribution in [3.05, 3.63) is 75.8 Å². The molecule has 0 spiro atoms. The lowest BCUT2D eigenvalue weighted by Crippen LogP contribution is -2.03. The molecule has 0 unspecified atom stereocenters. The highest BCUT2D eigenvalue weighted by atomic mass is 35.5. The number of carbonyl (C=O) groups excluding carboxylic acids is 1. The molecule has 108 valence electrons. The van der Waals surface area contributed by atoms with Crippen LogP contribution in [0.3, 0.4) is 0 Å². The Labute approximate surface area is 129 Å². The molecule has 2 aromatic rings. The number of carbonyl (C=O) groups is 1. The van der Waals surface area contributed by atoms with Gasteiger partial charge >= 0.3 is 0 Å². The lowest BCUT2D eigenvalue weighted by atomic mass is 10.1. The number of hydrogen-bond acceptors (Lipinski definition) is 3. The van der Waals surface area contributed by atoms with E-state index in [0.717, 1.165) is 34.9 Å². The summed E-state index contributed by atoms with van der Waals surface area (Å²) in [4.78, 5) is 12.7. The van der Waals surface area contributed by atoms with Gasteiger partial charge in [0.2, 0.25) is 0 Å². The van der Waals surface area contributed by atoms with Crippen LogP contribution in [0.5, 0.6) is 0 Å². The zero-order valence-corrected chi connectivity index (χ0v) is 12.2. The van der Waals surface area contributed by atoms with Crippen LogP contribution in [0.15, 0.2) is 58.5 Å². The van der Waals surface area contributed by atoms with Crippen molar-refractivity contribution in [1.82, 2.24) is 0 Å². The molecule has 0 atom stereocenters. The van der Waals surface area contributed by atoms with Crippen molar-refractivity contribution in [3.8, 4) is 0 Å². The third-order valence-electron chi connectivity index (χ3n) is 2.52. The summed E-state index contributed by atoms with van der Waals surface area (Å²) in [5, 5.41) is 0.789. The molecule has 0 amide bonds. The van der Waals surface area contributed by atoms with Gasteiger partial charge in [0.15, 0.2) is 5.78 Å². The Kier molecular flexibility index (Phi) is 4.98. The van der Waals surface area contributed by atoms with Gasteiger partial charge < -0.3 is 5.73 Å². The van der Waals surface area contributed by atoms with Crippen LogP contribution in [-0.4, -0.2) is 5.78 Å². The summed E-state index contributed by atoms with van der Waals surface area (Å²) in [6, 6.07) is 9.64. The average molecular weight is 326 g/mol. The number of hydrogen-bond donors (Lipinski definition) is 1. The summed E-state index contributed by atoms with van der Waals surface area (Å²) < 4.78 is 26.3. The molecule has 0 aliphatic rings. The first-order chi connectivity index (χ1) is 9.95. The fourth-order valence-corrected chi connectivity index (χ4v) is 2.40. The fourth-order valence-electron chi connectivity index (χ4n) is 1.56. The predicted octanol–water partition coefficient (Wildman–Crippen LogP) is 4.39. The summed E-state index contributed by atoms with van der Waals surface area (Å²) >= 11 is 6.91. The molecular formula is C15H10ClF2NOS. The van der Waals surface area contributed by atoms with Gasteiger partial charge in [-0.1, -0.05) is 23.4 Å². The van der Waals surface area contributed by atoms with Crippen molar-refractivity contribution < 1.29 is 13.6 Å². The molecular weight excluding hydrogens is 316 g/mol. The summed E-state index contributed by atoms with van der Waals surface area (Å²) in [6.45, 7) is 0. The van der Waals surface area contributed by atoms with Crippen molar-refractivity contribution in [2.45, 2.75) is 4.90 Å². The van der Waals surface area contributed by atoms with E-state index in [-0.39, 0.29) is 10.6 Å². The van der Waals surface area contributed by atoms with Crippen molar-refractivity contribution in [3.63, 3.8) is 0 Å². The molecule has 0 aliphatic heterocycles. The lowest BCUT2D eigenvalue weighted by Gasteiger charge is -2.03. The maximum Gasteiger partial charge on any atom is 0.191 e. The van der Waals surface area contributed by atoms with E-state index in [1.807, 2.05) is 0 Å². The molecule has 0 radical (unpaired) electrons. The van der Waals surface area contributed by atoms with Crippen LogP contribution in [0, 0.1) is 11.6 Å². The Morgan fingerprint density at radius 1 is 1.14 bits per heavy atom. The lowest BCUT2D eigenvalue weighted by molar-refractivity contribution is 0.104. The second-order valence-electron chi connectivity index (χ2n) is 4.09. The number of allylic oxidation sites excluding steroid dienone is 1. The molecule has 0 saturated carbocycles. The summed E-state index contributed by atoms with van der Waals surface area (Å²) in [7, 11) is 0. The van der Waals surface area contributed by atoms with Crippen LogP contribution in [0.4, 0.5) is 8.78 Å². The molecule has 0 fully saturated rings. The molecule has 6 heteroatoms. The van der Waals surface area contributed by atoms with Crippen LogP contribution in [0.25, 0.3) is 0 Å². The number of ketones is 1. The van der Waals surface area contributed by atoms with E-state index in [1.165, 1.54) is 0 Å². The van der Waals surface area contributed by atoms with Crippen LogP contribution in [0.2, 0.25) is 5.02 Å². The zero-order valence-electron chi connectivity index (χ0n) is 10.6. The first-order valence-corrected chi connectivity index (χ1v) is 7.05. The van der Waals surface area contributed by atoms with Crippen LogP contribution < -0.4 is 5.73 Å². The highest BCUT2D eigenvalue weighted by Crippen LogP contribution is 2.25. The molecule has 0 aliphatic carbocycles. The topological polar surface area (TPSA) is 43.1 Å². The van der Waals surface area contributed by atoms with E-state index in [0.29, 0.717) is 11.1 Å². The van der Waals surface area contributed by atoms with E-state index in [9.17, 15) is 13.6 Å². The third kappa shape index (κ3) is 4.31. The second-order valence-corrected chi connectivity index (χ2v) is 5.67. The predicted molar refractivity (Wildman–Crippen MR) is 80.3 cm³/mol. The molecule has 2 N–H and O–H groups in total.